The third-order valence-electron chi connectivity index (χ3n) is 7.73. The number of hydrogen-bond donors (Lipinski definition) is 0. The van der Waals surface area contributed by atoms with Crippen LogP contribution < -0.4 is 0 Å². The fourth-order valence-corrected chi connectivity index (χ4v) is 5.97. The van der Waals surface area contributed by atoms with Crippen LogP contribution in [0.2, 0.25) is 0 Å². The Morgan fingerprint density at radius 3 is 1.98 bits per heavy atom. The molecule has 0 atom stereocenters. The van der Waals surface area contributed by atoms with E-state index in [4.69, 9.17) is 8.83 Å². The third-order valence-corrected chi connectivity index (χ3v) is 7.73. The molecule has 0 bridgehead atoms. The average molecular weight is 512 g/mol. The molecule has 0 saturated carbocycles. The lowest BCUT2D eigenvalue weighted by Gasteiger charge is -2.17. The van der Waals surface area contributed by atoms with Gasteiger partial charge in [-0.25, -0.2) is 0 Å². The van der Waals surface area contributed by atoms with Crippen molar-refractivity contribution < 1.29 is 8.83 Å². The van der Waals surface area contributed by atoms with E-state index in [9.17, 15) is 5.26 Å². The molecule has 3 heteroatoms. The molecule has 8 rings (SSSR count). The van der Waals surface area contributed by atoms with Crippen molar-refractivity contribution in [3.63, 3.8) is 0 Å². The minimum absolute atomic E-state index is 0.623. The van der Waals surface area contributed by atoms with Gasteiger partial charge in [0.25, 0.3) is 0 Å². The number of nitriles is 1. The van der Waals surface area contributed by atoms with Crippen LogP contribution in [0.3, 0.4) is 0 Å². The Morgan fingerprint density at radius 2 is 1.10 bits per heavy atom. The fraction of sp³-hybridized carbons (Fsp3) is 0. The lowest BCUT2D eigenvalue weighted by atomic mass is 9.86. The Balaban J connectivity index is 1.45. The summed E-state index contributed by atoms with van der Waals surface area (Å²) in [6, 6.07) is 45.5. The number of rotatable bonds is 3. The molecule has 6 aromatic carbocycles. The van der Waals surface area contributed by atoms with Gasteiger partial charge in [-0.3, -0.25) is 0 Å². The molecular formula is C37H21NO2. The molecule has 0 saturated heterocycles. The fourth-order valence-electron chi connectivity index (χ4n) is 5.97. The molecule has 3 nitrogen and oxygen atoms in total. The van der Waals surface area contributed by atoms with Crippen LogP contribution in [-0.2, 0) is 0 Å². The van der Waals surface area contributed by atoms with E-state index in [2.05, 4.69) is 66.7 Å². The average Bonchev–Trinajstić information content (AvgIpc) is 3.58. The van der Waals surface area contributed by atoms with Gasteiger partial charge in [-0.2, -0.15) is 5.26 Å². The van der Waals surface area contributed by atoms with Gasteiger partial charge in [0.15, 0.2) is 0 Å². The number of para-hydroxylation sites is 2. The summed E-state index contributed by atoms with van der Waals surface area (Å²) in [7, 11) is 0. The van der Waals surface area contributed by atoms with Gasteiger partial charge in [-0.15, -0.1) is 0 Å². The van der Waals surface area contributed by atoms with Crippen LogP contribution in [-0.4, -0.2) is 0 Å². The van der Waals surface area contributed by atoms with Crippen LogP contribution >= 0.6 is 0 Å². The largest absolute Gasteiger partial charge is 0.456 e. The van der Waals surface area contributed by atoms with Gasteiger partial charge in [0, 0.05) is 21.5 Å². The molecule has 186 valence electrons. The van der Waals surface area contributed by atoms with Crippen molar-refractivity contribution >= 4 is 43.9 Å². The van der Waals surface area contributed by atoms with Gasteiger partial charge < -0.3 is 8.83 Å². The van der Waals surface area contributed by atoms with Gasteiger partial charge in [0.05, 0.1) is 11.6 Å². The Hall–Kier alpha value is -5.59. The molecule has 8 aromatic rings. The van der Waals surface area contributed by atoms with Gasteiger partial charge in [0.2, 0.25) is 0 Å². The zero-order valence-corrected chi connectivity index (χ0v) is 21.4. The van der Waals surface area contributed by atoms with Crippen molar-refractivity contribution in [2.75, 3.05) is 0 Å². The summed E-state index contributed by atoms with van der Waals surface area (Å²) in [4.78, 5) is 0. The molecule has 0 fully saturated rings. The highest BCUT2D eigenvalue weighted by molar-refractivity contribution is 6.14. The summed E-state index contributed by atoms with van der Waals surface area (Å²) >= 11 is 0. The molecule has 0 aliphatic heterocycles. The summed E-state index contributed by atoms with van der Waals surface area (Å²) in [6.45, 7) is 0. The highest BCUT2D eigenvalue weighted by Crippen LogP contribution is 2.45. The van der Waals surface area contributed by atoms with E-state index in [0.717, 1.165) is 77.3 Å². The predicted octanol–water partition coefficient (Wildman–Crippen LogP) is 10.4. The molecule has 0 N–H and O–H groups in total. The second kappa shape index (κ2) is 8.73. The van der Waals surface area contributed by atoms with Crippen LogP contribution in [0.25, 0.3) is 77.3 Å². The molecule has 0 aliphatic rings. The van der Waals surface area contributed by atoms with Crippen molar-refractivity contribution in [1.29, 1.82) is 5.26 Å². The molecule has 2 heterocycles. The zero-order chi connectivity index (χ0) is 26.6. The molecule has 0 unspecified atom stereocenters. The van der Waals surface area contributed by atoms with E-state index in [1.54, 1.807) is 0 Å². The van der Waals surface area contributed by atoms with Crippen molar-refractivity contribution in [2.24, 2.45) is 0 Å². The number of nitrogens with zero attached hydrogens (tertiary/aromatic N) is 1. The van der Waals surface area contributed by atoms with E-state index in [1.165, 1.54) is 0 Å². The van der Waals surface area contributed by atoms with Gasteiger partial charge in [-0.05, 0) is 75.8 Å². The zero-order valence-electron chi connectivity index (χ0n) is 21.4. The van der Waals surface area contributed by atoms with Crippen LogP contribution in [0.5, 0.6) is 0 Å². The van der Waals surface area contributed by atoms with Gasteiger partial charge in [0.1, 0.15) is 22.3 Å². The summed E-state index contributed by atoms with van der Waals surface area (Å²) in [5.41, 5.74) is 10.4. The molecule has 40 heavy (non-hydrogen) atoms. The number of fused-ring (bicyclic) bond motifs is 6. The molecule has 0 aliphatic carbocycles. The first-order chi connectivity index (χ1) is 19.8. The molecule has 0 radical (unpaired) electrons. The summed E-state index contributed by atoms with van der Waals surface area (Å²) in [5, 5.41) is 14.1. The van der Waals surface area contributed by atoms with E-state index in [-0.39, 0.29) is 0 Å². The normalized spacial score (nSPS) is 11.5. The van der Waals surface area contributed by atoms with Crippen molar-refractivity contribution in [3.8, 4) is 39.4 Å². The van der Waals surface area contributed by atoms with E-state index in [1.807, 2.05) is 66.7 Å². The lowest BCUT2D eigenvalue weighted by molar-refractivity contribution is 0.668. The van der Waals surface area contributed by atoms with Crippen LogP contribution in [0, 0.1) is 11.3 Å². The first-order valence-corrected chi connectivity index (χ1v) is 13.2. The van der Waals surface area contributed by atoms with Crippen molar-refractivity contribution in [2.45, 2.75) is 0 Å². The van der Waals surface area contributed by atoms with Crippen LogP contribution in [0.4, 0.5) is 0 Å². The SMILES string of the molecule is N#Cc1cccc(-c2c(-c3ccc4c(c3)oc3ccccc34)cccc2-c2cccc3oc4ccccc4c23)c1. The maximum Gasteiger partial charge on any atom is 0.136 e. The first kappa shape index (κ1) is 22.4. The quantitative estimate of drug-likeness (QED) is 0.237. The highest BCUT2D eigenvalue weighted by Gasteiger charge is 2.19. The second-order valence-electron chi connectivity index (χ2n) is 10.0. The maximum atomic E-state index is 9.73. The van der Waals surface area contributed by atoms with Gasteiger partial charge >= 0.3 is 0 Å². The molecule has 0 spiro atoms. The summed E-state index contributed by atoms with van der Waals surface area (Å²) < 4.78 is 12.5. The maximum absolute atomic E-state index is 9.73. The highest BCUT2D eigenvalue weighted by atomic mass is 16.3. The van der Waals surface area contributed by atoms with E-state index < -0.39 is 0 Å². The second-order valence-corrected chi connectivity index (χ2v) is 10.0. The van der Waals surface area contributed by atoms with E-state index >= 15 is 0 Å². The number of benzene rings is 6. The summed E-state index contributed by atoms with van der Waals surface area (Å²) in [6.07, 6.45) is 0. The minimum Gasteiger partial charge on any atom is -0.456 e. The predicted molar refractivity (Wildman–Crippen MR) is 162 cm³/mol. The molecule has 2 aromatic heterocycles. The Morgan fingerprint density at radius 1 is 0.450 bits per heavy atom. The van der Waals surface area contributed by atoms with Crippen LogP contribution in [0.1, 0.15) is 5.56 Å². The van der Waals surface area contributed by atoms with Crippen molar-refractivity contribution in [1.82, 2.24) is 0 Å². The Bertz CT molecular complexity index is 2290. The lowest BCUT2D eigenvalue weighted by Crippen LogP contribution is -1.92. The Kier molecular flexibility index (Phi) is 4.89. The molecular weight excluding hydrogens is 490 g/mol. The van der Waals surface area contributed by atoms with E-state index in [0.29, 0.717) is 5.56 Å². The minimum atomic E-state index is 0.623. The van der Waals surface area contributed by atoms with Gasteiger partial charge in [-0.1, -0.05) is 84.9 Å². The first-order valence-electron chi connectivity index (χ1n) is 13.2. The molecule has 0 amide bonds. The van der Waals surface area contributed by atoms with Crippen LogP contribution in [0.15, 0.2) is 136 Å². The Labute approximate surface area is 230 Å². The smallest absolute Gasteiger partial charge is 0.136 e. The number of hydrogen-bond acceptors (Lipinski definition) is 3. The third kappa shape index (κ3) is 3.37. The topological polar surface area (TPSA) is 50.1 Å². The standard InChI is InChI=1S/C37H21NO2/c38-22-23-8-5-9-25(20-23)36-26(24-18-19-28-27-10-1-3-15-32(27)40-35(28)21-24)12-6-13-29(36)30-14-7-17-34-37(30)31-11-2-4-16-33(31)39-34/h1-21H. The summed E-state index contributed by atoms with van der Waals surface area (Å²) in [5.74, 6) is 0. The monoisotopic (exact) mass is 511 g/mol. The van der Waals surface area contributed by atoms with Crippen molar-refractivity contribution in [3.05, 3.63) is 133 Å². The number of furan rings is 2.